The highest BCUT2D eigenvalue weighted by Gasteiger charge is 2.13. The second-order valence-corrected chi connectivity index (χ2v) is 4.17. The molecular weight excluding hydrogens is 202 g/mol. The topological polar surface area (TPSA) is 68.0 Å². The summed E-state index contributed by atoms with van der Waals surface area (Å²) in [6.07, 6.45) is 2.07. The number of anilines is 1. The van der Waals surface area contributed by atoms with Crippen molar-refractivity contribution < 1.29 is 4.79 Å². The van der Waals surface area contributed by atoms with Gasteiger partial charge >= 0.3 is 0 Å². The van der Waals surface area contributed by atoms with Crippen LogP contribution in [-0.2, 0) is 0 Å². The third-order valence-electron chi connectivity index (χ3n) is 2.37. The van der Waals surface area contributed by atoms with E-state index < -0.39 is 0 Å². The molecule has 0 saturated carbocycles. The van der Waals surface area contributed by atoms with Crippen molar-refractivity contribution in [2.75, 3.05) is 12.3 Å². The highest BCUT2D eigenvalue weighted by molar-refractivity contribution is 6.01. The normalized spacial score (nSPS) is 10.8. The van der Waals surface area contributed by atoms with Crippen LogP contribution in [0.4, 0.5) is 5.82 Å². The van der Waals surface area contributed by atoms with Crippen LogP contribution in [0.25, 0.3) is 0 Å². The summed E-state index contributed by atoms with van der Waals surface area (Å²) in [6, 6.07) is 2.19. The molecule has 4 heteroatoms. The maximum atomic E-state index is 11.9. The first kappa shape index (κ1) is 12.6. The smallest absolute Gasteiger partial charge is 0.168 e. The van der Waals surface area contributed by atoms with Gasteiger partial charge in [0.15, 0.2) is 5.78 Å². The zero-order valence-corrected chi connectivity index (χ0v) is 10.1. The third kappa shape index (κ3) is 3.31. The zero-order valence-electron chi connectivity index (χ0n) is 10.1. The lowest BCUT2D eigenvalue weighted by molar-refractivity contribution is 0.0982. The molecule has 0 spiro atoms. The number of nitrogens with zero attached hydrogens (tertiary/aromatic N) is 1. The lowest BCUT2D eigenvalue weighted by atomic mass is 10.0. The fourth-order valence-electron chi connectivity index (χ4n) is 1.54. The molecule has 1 rings (SSSR count). The van der Waals surface area contributed by atoms with Gasteiger partial charge < -0.3 is 11.1 Å². The van der Waals surface area contributed by atoms with Crippen LogP contribution in [0.1, 0.15) is 36.2 Å². The molecule has 1 aromatic rings. The van der Waals surface area contributed by atoms with E-state index >= 15 is 0 Å². The van der Waals surface area contributed by atoms with Crippen LogP contribution in [0.15, 0.2) is 12.3 Å². The number of nitrogen functional groups attached to an aromatic ring is 1. The fourth-order valence-corrected chi connectivity index (χ4v) is 1.54. The molecule has 0 fully saturated rings. The quantitative estimate of drug-likeness (QED) is 0.740. The number of carbonyl (C=O) groups excluding carboxylic acids is 1. The second-order valence-electron chi connectivity index (χ2n) is 4.17. The first-order chi connectivity index (χ1) is 7.52. The number of nitrogens with one attached hydrogen (secondary N) is 1. The van der Waals surface area contributed by atoms with E-state index in [1.165, 1.54) is 0 Å². The monoisotopic (exact) mass is 221 g/mol. The number of hydrogen-bond donors (Lipinski definition) is 2. The van der Waals surface area contributed by atoms with Crippen molar-refractivity contribution in [1.29, 1.82) is 0 Å². The number of aromatic nitrogens is 1. The van der Waals surface area contributed by atoms with E-state index in [1.54, 1.807) is 12.3 Å². The summed E-state index contributed by atoms with van der Waals surface area (Å²) in [6.45, 7) is 6.65. The van der Waals surface area contributed by atoms with E-state index in [1.807, 2.05) is 20.8 Å². The van der Waals surface area contributed by atoms with Gasteiger partial charge in [0.2, 0.25) is 0 Å². The summed E-state index contributed by atoms with van der Waals surface area (Å²) in [5.74, 6) is 0.380. The summed E-state index contributed by atoms with van der Waals surface area (Å²) in [5.41, 5.74) is 7.16. The van der Waals surface area contributed by atoms with Crippen LogP contribution in [0.3, 0.4) is 0 Å². The Labute approximate surface area is 96.3 Å². The van der Waals surface area contributed by atoms with Gasteiger partial charge in [0.05, 0.1) is 5.56 Å². The molecule has 0 atom stereocenters. The Hall–Kier alpha value is -1.42. The van der Waals surface area contributed by atoms with Crippen LogP contribution in [-0.4, -0.2) is 23.4 Å². The molecular formula is C12H19N3O. The molecule has 0 radical (unpaired) electrons. The molecule has 16 heavy (non-hydrogen) atoms. The molecule has 0 aromatic carbocycles. The van der Waals surface area contributed by atoms with Crippen molar-refractivity contribution in [1.82, 2.24) is 10.3 Å². The van der Waals surface area contributed by atoms with E-state index in [0.29, 0.717) is 30.4 Å². The summed E-state index contributed by atoms with van der Waals surface area (Å²) < 4.78 is 0. The summed E-state index contributed by atoms with van der Waals surface area (Å²) in [5, 5.41) is 3.20. The Morgan fingerprint density at radius 1 is 1.56 bits per heavy atom. The summed E-state index contributed by atoms with van der Waals surface area (Å²) >= 11 is 0. The Morgan fingerprint density at radius 3 is 2.81 bits per heavy atom. The Kier molecular flexibility index (Phi) is 4.43. The average molecular weight is 221 g/mol. The van der Waals surface area contributed by atoms with Gasteiger partial charge in [0.1, 0.15) is 5.82 Å². The molecule has 88 valence electrons. The van der Waals surface area contributed by atoms with Gasteiger partial charge in [0, 0.05) is 25.2 Å². The minimum Gasteiger partial charge on any atom is -0.383 e. The molecule has 0 amide bonds. The number of carbonyl (C=O) groups is 1. The summed E-state index contributed by atoms with van der Waals surface area (Å²) in [7, 11) is 0. The van der Waals surface area contributed by atoms with Gasteiger partial charge in [-0.3, -0.25) is 4.79 Å². The maximum absolute atomic E-state index is 11.9. The van der Waals surface area contributed by atoms with E-state index in [-0.39, 0.29) is 5.78 Å². The largest absolute Gasteiger partial charge is 0.383 e. The van der Waals surface area contributed by atoms with E-state index in [0.717, 1.165) is 5.56 Å². The van der Waals surface area contributed by atoms with E-state index in [2.05, 4.69) is 10.3 Å². The van der Waals surface area contributed by atoms with Crippen molar-refractivity contribution in [3.8, 4) is 0 Å². The van der Waals surface area contributed by atoms with Gasteiger partial charge in [-0.05, 0) is 18.6 Å². The van der Waals surface area contributed by atoms with Gasteiger partial charge in [-0.1, -0.05) is 13.8 Å². The van der Waals surface area contributed by atoms with E-state index in [9.17, 15) is 4.79 Å². The number of Topliss-reactive ketones (excluding diaryl/α,β-unsaturated/α-hetero) is 1. The van der Waals surface area contributed by atoms with Crippen molar-refractivity contribution >= 4 is 11.6 Å². The number of nitrogens with two attached hydrogens (primary N) is 1. The predicted octanol–water partition coefficient (Wildman–Crippen LogP) is 1.54. The van der Waals surface area contributed by atoms with Gasteiger partial charge in [-0.15, -0.1) is 0 Å². The number of rotatable bonds is 5. The number of aryl methyl sites for hydroxylation is 1. The van der Waals surface area contributed by atoms with Crippen molar-refractivity contribution in [3.05, 3.63) is 23.4 Å². The van der Waals surface area contributed by atoms with Crippen molar-refractivity contribution in [2.45, 2.75) is 33.2 Å². The Balaban J connectivity index is 2.66. The van der Waals surface area contributed by atoms with Crippen LogP contribution >= 0.6 is 0 Å². The van der Waals surface area contributed by atoms with Crippen LogP contribution in [0.2, 0.25) is 0 Å². The Bertz CT molecular complexity index is 354. The van der Waals surface area contributed by atoms with Gasteiger partial charge in [0.25, 0.3) is 0 Å². The molecule has 0 unspecified atom stereocenters. The minimum absolute atomic E-state index is 0.0521. The van der Waals surface area contributed by atoms with Gasteiger partial charge in [-0.25, -0.2) is 4.98 Å². The molecule has 1 aromatic heterocycles. The van der Waals surface area contributed by atoms with Crippen LogP contribution < -0.4 is 11.1 Å². The SMILES string of the molecule is Cc1ccnc(N)c1C(=O)CCNC(C)C. The van der Waals surface area contributed by atoms with Crippen LogP contribution in [0.5, 0.6) is 0 Å². The minimum atomic E-state index is 0.0521. The van der Waals surface area contributed by atoms with Crippen LogP contribution in [0, 0.1) is 6.92 Å². The third-order valence-corrected chi connectivity index (χ3v) is 2.37. The lowest BCUT2D eigenvalue weighted by Gasteiger charge is -2.09. The standard InChI is InChI=1S/C12H19N3O/c1-8(2)14-7-5-10(16)11-9(3)4-6-15-12(11)13/h4,6,8,14H,5,7H2,1-3H3,(H2,13,15). The average Bonchev–Trinajstić information content (AvgIpc) is 2.16. The number of pyridine rings is 1. The molecule has 1 heterocycles. The Morgan fingerprint density at radius 2 is 2.25 bits per heavy atom. The van der Waals surface area contributed by atoms with Crippen molar-refractivity contribution in [3.63, 3.8) is 0 Å². The molecule has 0 bridgehead atoms. The van der Waals surface area contributed by atoms with Gasteiger partial charge in [-0.2, -0.15) is 0 Å². The fraction of sp³-hybridized carbons (Fsp3) is 0.500. The van der Waals surface area contributed by atoms with E-state index in [4.69, 9.17) is 5.73 Å². The molecule has 0 aliphatic carbocycles. The zero-order chi connectivity index (χ0) is 12.1. The predicted molar refractivity (Wildman–Crippen MR) is 65.5 cm³/mol. The lowest BCUT2D eigenvalue weighted by Crippen LogP contribution is -2.25. The van der Waals surface area contributed by atoms with Crippen molar-refractivity contribution in [2.24, 2.45) is 0 Å². The highest BCUT2D eigenvalue weighted by Crippen LogP contribution is 2.15. The molecule has 0 saturated heterocycles. The molecule has 0 aliphatic rings. The first-order valence-corrected chi connectivity index (χ1v) is 5.50. The number of ketones is 1. The highest BCUT2D eigenvalue weighted by atomic mass is 16.1. The second kappa shape index (κ2) is 5.61. The molecule has 0 aliphatic heterocycles. The summed E-state index contributed by atoms with van der Waals surface area (Å²) in [4.78, 5) is 15.8. The maximum Gasteiger partial charge on any atom is 0.168 e. The first-order valence-electron chi connectivity index (χ1n) is 5.50. The molecule has 4 nitrogen and oxygen atoms in total. The number of hydrogen-bond acceptors (Lipinski definition) is 4. The molecule has 3 N–H and O–H groups in total.